The molecule has 128 valence electrons. The molecule has 0 spiro atoms. The lowest BCUT2D eigenvalue weighted by Crippen LogP contribution is -2.09. The van der Waals surface area contributed by atoms with Crippen LogP contribution in [0.2, 0.25) is 10.0 Å². The molecule has 0 atom stereocenters. The summed E-state index contributed by atoms with van der Waals surface area (Å²) in [5, 5.41) is 7.51. The quantitative estimate of drug-likeness (QED) is 0.610. The van der Waals surface area contributed by atoms with Crippen molar-refractivity contribution in [3.05, 3.63) is 76.2 Å². The molecular weight excluding hydrogens is 362 g/mol. The monoisotopic (exact) mass is 376 g/mol. The lowest BCUT2D eigenvalue weighted by Gasteiger charge is -2.09. The summed E-state index contributed by atoms with van der Waals surface area (Å²) in [4.78, 5) is 8.56. The maximum Gasteiger partial charge on any atom is 0.224 e. The summed E-state index contributed by atoms with van der Waals surface area (Å²) in [5.74, 6) is 0.835. The second-order valence-electron chi connectivity index (χ2n) is 5.31. The Morgan fingerprint density at radius 3 is 2.56 bits per heavy atom. The van der Waals surface area contributed by atoms with Crippen LogP contribution in [-0.2, 0) is 6.42 Å². The second-order valence-corrected chi connectivity index (χ2v) is 6.15. The molecule has 0 fully saturated rings. The van der Waals surface area contributed by atoms with Gasteiger partial charge in [-0.1, -0.05) is 29.3 Å². The van der Waals surface area contributed by atoms with Crippen molar-refractivity contribution < 1.29 is 4.39 Å². The fourth-order valence-electron chi connectivity index (χ4n) is 2.23. The first-order valence-electron chi connectivity index (χ1n) is 7.63. The largest absolute Gasteiger partial charge is 0.354 e. The Hall–Kier alpha value is -2.37. The molecule has 0 bridgehead atoms. The van der Waals surface area contributed by atoms with Crippen LogP contribution in [0.4, 0.5) is 21.8 Å². The van der Waals surface area contributed by atoms with Crippen molar-refractivity contribution in [2.75, 3.05) is 17.2 Å². The molecule has 3 aromatic rings. The third kappa shape index (κ3) is 5.05. The van der Waals surface area contributed by atoms with Crippen molar-refractivity contribution in [3.63, 3.8) is 0 Å². The number of aromatic nitrogens is 2. The number of nitrogens with zero attached hydrogens (tertiary/aromatic N) is 2. The van der Waals surface area contributed by atoms with E-state index in [0.717, 1.165) is 17.7 Å². The summed E-state index contributed by atoms with van der Waals surface area (Å²) in [6, 6.07) is 13.2. The Morgan fingerprint density at radius 2 is 1.80 bits per heavy atom. The number of halogens is 3. The van der Waals surface area contributed by atoms with Gasteiger partial charge in [-0.2, -0.15) is 4.98 Å². The zero-order chi connectivity index (χ0) is 17.6. The topological polar surface area (TPSA) is 49.8 Å². The zero-order valence-electron chi connectivity index (χ0n) is 13.1. The molecule has 0 saturated carbocycles. The predicted molar refractivity (Wildman–Crippen MR) is 100 cm³/mol. The number of rotatable bonds is 6. The minimum atomic E-state index is -0.281. The number of benzene rings is 2. The van der Waals surface area contributed by atoms with Crippen LogP contribution in [0.1, 0.15) is 5.56 Å². The summed E-state index contributed by atoms with van der Waals surface area (Å²) in [6.07, 6.45) is 2.37. The van der Waals surface area contributed by atoms with Crippen LogP contribution in [-0.4, -0.2) is 16.5 Å². The highest BCUT2D eigenvalue weighted by Crippen LogP contribution is 2.21. The van der Waals surface area contributed by atoms with Crippen molar-refractivity contribution in [3.8, 4) is 0 Å². The molecule has 3 rings (SSSR count). The third-order valence-corrected chi connectivity index (χ3v) is 4.05. The average molecular weight is 377 g/mol. The molecule has 7 heteroatoms. The van der Waals surface area contributed by atoms with Crippen LogP contribution in [0.15, 0.2) is 54.7 Å². The van der Waals surface area contributed by atoms with Crippen molar-refractivity contribution in [1.29, 1.82) is 0 Å². The normalized spacial score (nSPS) is 10.5. The number of hydrogen-bond donors (Lipinski definition) is 2. The van der Waals surface area contributed by atoms with E-state index in [1.165, 1.54) is 12.1 Å². The van der Waals surface area contributed by atoms with Gasteiger partial charge >= 0.3 is 0 Å². The van der Waals surface area contributed by atoms with E-state index in [4.69, 9.17) is 23.2 Å². The maximum atomic E-state index is 12.9. The molecule has 0 radical (unpaired) electrons. The molecule has 25 heavy (non-hydrogen) atoms. The van der Waals surface area contributed by atoms with Gasteiger partial charge in [-0.3, -0.25) is 0 Å². The molecule has 0 aliphatic carbocycles. The smallest absolute Gasteiger partial charge is 0.224 e. The first-order chi connectivity index (χ1) is 12.1. The fraction of sp³-hybridized carbons (Fsp3) is 0.111. The van der Waals surface area contributed by atoms with Gasteiger partial charge in [0.05, 0.1) is 0 Å². The van der Waals surface area contributed by atoms with Gasteiger partial charge in [0.2, 0.25) is 5.95 Å². The highest BCUT2D eigenvalue weighted by atomic mass is 35.5. The van der Waals surface area contributed by atoms with Gasteiger partial charge in [-0.15, -0.1) is 0 Å². The standard InChI is InChI=1S/C18H15Cl2FN4/c19-13-2-1-12(16(20)11-13)7-9-22-18-23-10-8-17(25-18)24-15-5-3-14(21)4-6-15/h1-6,8,10-11H,7,9H2,(H2,22,23,24,25). The summed E-state index contributed by atoms with van der Waals surface area (Å²) in [7, 11) is 0. The van der Waals surface area contributed by atoms with E-state index < -0.39 is 0 Å². The number of hydrogen-bond acceptors (Lipinski definition) is 4. The fourth-order valence-corrected chi connectivity index (χ4v) is 2.73. The Bertz CT molecular complexity index is 856. The maximum absolute atomic E-state index is 12.9. The summed E-state index contributed by atoms with van der Waals surface area (Å²) < 4.78 is 12.9. The van der Waals surface area contributed by atoms with E-state index in [1.807, 2.05) is 12.1 Å². The zero-order valence-corrected chi connectivity index (χ0v) is 14.7. The predicted octanol–water partition coefficient (Wildman–Crippen LogP) is 5.32. The van der Waals surface area contributed by atoms with Crippen LogP contribution < -0.4 is 10.6 Å². The van der Waals surface area contributed by atoms with Gasteiger partial charge in [0.25, 0.3) is 0 Å². The van der Waals surface area contributed by atoms with Gasteiger partial charge in [-0.05, 0) is 54.4 Å². The second kappa shape index (κ2) is 8.14. The van der Waals surface area contributed by atoms with Crippen LogP contribution >= 0.6 is 23.2 Å². The Labute approximate surface area is 155 Å². The van der Waals surface area contributed by atoms with Gasteiger partial charge < -0.3 is 10.6 Å². The molecule has 4 nitrogen and oxygen atoms in total. The van der Waals surface area contributed by atoms with Crippen LogP contribution in [0, 0.1) is 5.82 Å². The first-order valence-corrected chi connectivity index (χ1v) is 8.39. The first kappa shape index (κ1) is 17.5. The molecule has 1 aromatic heterocycles. The lowest BCUT2D eigenvalue weighted by molar-refractivity contribution is 0.628. The molecule has 0 saturated heterocycles. The molecular formula is C18H15Cl2FN4. The van der Waals surface area contributed by atoms with Crippen LogP contribution in [0.25, 0.3) is 0 Å². The molecule has 0 amide bonds. The van der Waals surface area contributed by atoms with Gasteiger partial charge in [-0.25, -0.2) is 9.37 Å². The molecule has 2 aromatic carbocycles. The lowest BCUT2D eigenvalue weighted by atomic mass is 10.1. The Kier molecular flexibility index (Phi) is 5.68. The van der Waals surface area contributed by atoms with Gasteiger partial charge in [0.1, 0.15) is 11.6 Å². The van der Waals surface area contributed by atoms with Crippen LogP contribution in [0.3, 0.4) is 0 Å². The molecule has 0 aliphatic heterocycles. The van der Waals surface area contributed by atoms with Crippen molar-refractivity contribution >= 4 is 40.7 Å². The summed E-state index contributed by atoms with van der Waals surface area (Å²) in [6.45, 7) is 0.626. The van der Waals surface area contributed by atoms with Gasteiger partial charge in [0.15, 0.2) is 0 Å². The van der Waals surface area contributed by atoms with Crippen molar-refractivity contribution in [2.45, 2.75) is 6.42 Å². The minimum Gasteiger partial charge on any atom is -0.354 e. The van der Waals surface area contributed by atoms with E-state index in [0.29, 0.717) is 28.4 Å². The van der Waals surface area contributed by atoms with E-state index in [2.05, 4.69) is 20.6 Å². The SMILES string of the molecule is Fc1ccc(Nc2ccnc(NCCc3ccc(Cl)cc3Cl)n2)cc1. The van der Waals surface area contributed by atoms with Crippen molar-refractivity contribution in [2.24, 2.45) is 0 Å². The molecule has 1 heterocycles. The Morgan fingerprint density at radius 1 is 1.00 bits per heavy atom. The van der Waals surface area contributed by atoms with Gasteiger partial charge in [0, 0.05) is 28.5 Å². The number of anilines is 3. The van der Waals surface area contributed by atoms with Crippen molar-refractivity contribution in [1.82, 2.24) is 9.97 Å². The Balaban J connectivity index is 1.59. The van der Waals surface area contributed by atoms with E-state index >= 15 is 0 Å². The molecule has 0 unspecified atom stereocenters. The third-order valence-electron chi connectivity index (χ3n) is 3.46. The molecule has 0 aliphatic rings. The van der Waals surface area contributed by atoms with E-state index in [9.17, 15) is 4.39 Å². The highest BCUT2D eigenvalue weighted by Gasteiger charge is 2.03. The molecule has 2 N–H and O–H groups in total. The average Bonchev–Trinajstić information content (AvgIpc) is 2.59. The summed E-state index contributed by atoms with van der Waals surface area (Å²) in [5.41, 5.74) is 1.75. The highest BCUT2D eigenvalue weighted by molar-refractivity contribution is 6.35. The van der Waals surface area contributed by atoms with E-state index in [-0.39, 0.29) is 5.82 Å². The number of nitrogens with one attached hydrogen (secondary N) is 2. The van der Waals surface area contributed by atoms with E-state index in [1.54, 1.807) is 30.5 Å². The minimum absolute atomic E-state index is 0.281. The van der Waals surface area contributed by atoms with Crippen LogP contribution in [0.5, 0.6) is 0 Å². The summed E-state index contributed by atoms with van der Waals surface area (Å²) >= 11 is 12.0.